The Morgan fingerprint density at radius 1 is 1.21 bits per heavy atom. The number of carbonyl (C=O) groups is 1. The number of halogens is 2. The van der Waals surface area contributed by atoms with Crippen molar-refractivity contribution in [1.29, 1.82) is 0 Å². The van der Waals surface area contributed by atoms with Gasteiger partial charge in [0.1, 0.15) is 0 Å². The van der Waals surface area contributed by atoms with Crippen LogP contribution in [0.4, 0.5) is 0 Å². The Kier molecular flexibility index (Phi) is 6.97. The van der Waals surface area contributed by atoms with Crippen LogP contribution in [-0.2, 0) is 16.2 Å². The van der Waals surface area contributed by atoms with Crippen LogP contribution < -0.4 is 0 Å². The van der Waals surface area contributed by atoms with Gasteiger partial charge in [0.25, 0.3) is 0 Å². The van der Waals surface area contributed by atoms with Gasteiger partial charge in [0.2, 0.25) is 5.91 Å². The van der Waals surface area contributed by atoms with Gasteiger partial charge in [-0.1, -0.05) is 72.5 Å². The van der Waals surface area contributed by atoms with Gasteiger partial charge >= 0.3 is 0 Å². The summed E-state index contributed by atoms with van der Waals surface area (Å²) in [5.41, 5.74) is 2.69. The molecule has 0 aromatic heterocycles. The molecular formula is C22H24Cl2N2O2. The van der Waals surface area contributed by atoms with E-state index in [1.54, 1.807) is 0 Å². The molecule has 2 aromatic carbocycles. The Bertz CT molecular complexity index is 867. The lowest BCUT2D eigenvalue weighted by molar-refractivity contribution is -0.134. The average molecular weight is 419 g/mol. The van der Waals surface area contributed by atoms with Crippen molar-refractivity contribution in [2.75, 3.05) is 6.54 Å². The number of benzene rings is 2. The van der Waals surface area contributed by atoms with Crippen molar-refractivity contribution in [3.8, 4) is 0 Å². The van der Waals surface area contributed by atoms with E-state index in [1.807, 2.05) is 67.3 Å². The summed E-state index contributed by atoms with van der Waals surface area (Å²) in [6.07, 6.45) is 0.914. The highest BCUT2D eigenvalue weighted by molar-refractivity contribution is 6.34. The second kappa shape index (κ2) is 9.44. The summed E-state index contributed by atoms with van der Waals surface area (Å²) in [5, 5.41) is 5.53. The molecule has 0 saturated heterocycles. The molecule has 28 heavy (non-hydrogen) atoms. The summed E-state index contributed by atoms with van der Waals surface area (Å²) < 4.78 is 0. The minimum atomic E-state index is -0.193. The van der Waals surface area contributed by atoms with Crippen molar-refractivity contribution in [3.63, 3.8) is 0 Å². The van der Waals surface area contributed by atoms with Crippen molar-refractivity contribution >= 4 is 34.8 Å². The lowest BCUT2D eigenvalue weighted by Gasteiger charge is -2.26. The smallest absolute Gasteiger partial charge is 0.223 e. The van der Waals surface area contributed by atoms with Gasteiger partial charge in [-0.15, -0.1) is 0 Å². The lowest BCUT2D eigenvalue weighted by Crippen LogP contribution is -2.37. The Labute approximate surface area is 176 Å². The fraction of sp³-hybridized carbons (Fsp3) is 0.364. The standard InChI is InChI=1S/C22H24Cl2N2O2/c1-15(2)10-22(27)26(13-16-6-5-7-17(23)11-16)14-18-12-21(25-28-18)19-8-3-4-9-20(19)24/h3-9,11,15,18H,10,12-14H2,1-2H3/t18-/m1/s1. The summed E-state index contributed by atoms with van der Waals surface area (Å²) in [6.45, 7) is 5.04. The molecule has 0 spiro atoms. The number of hydrogen-bond donors (Lipinski definition) is 0. The molecule has 1 heterocycles. The largest absolute Gasteiger partial charge is 0.390 e. The Balaban J connectivity index is 1.69. The molecule has 0 bridgehead atoms. The van der Waals surface area contributed by atoms with Gasteiger partial charge in [-0.25, -0.2) is 0 Å². The molecule has 3 rings (SSSR count). The number of amides is 1. The van der Waals surface area contributed by atoms with E-state index in [4.69, 9.17) is 28.0 Å². The van der Waals surface area contributed by atoms with Gasteiger partial charge in [-0.3, -0.25) is 4.79 Å². The number of rotatable bonds is 7. The minimum Gasteiger partial charge on any atom is -0.390 e. The summed E-state index contributed by atoms with van der Waals surface area (Å²) in [6, 6.07) is 15.2. The third-order valence-electron chi connectivity index (χ3n) is 4.54. The SMILES string of the molecule is CC(C)CC(=O)N(Cc1cccc(Cl)c1)C[C@H]1CC(c2ccccc2Cl)=NO1. The van der Waals surface area contributed by atoms with Crippen LogP contribution >= 0.6 is 23.2 Å². The van der Waals surface area contributed by atoms with E-state index in [2.05, 4.69) is 5.16 Å². The van der Waals surface area contributed by atoms with Gasteiger partial charge < -0.3 is 9.74 Å². The Morgan fingerprint density at radius 3 is 2.71 bits per heavy atom. The molecule has 2 aromatic rings. The normalized spacial score (nSPS) is 16.0. The van der Waals surface area contributed by atoms with Crippen LogP contribution in [0, 0.1) is 5.92 Å². The molecule has 148 valence electrons. The fourth-order valence-corrected chi connectivity index (χ4v) is 3.67. The highest BCUT2D eigenvalue weighted by atomic mass is 35.5. The predicted molar refractivity (Wildman–Crippen MR) is 114 cm³/mol. The van der Waals surface area contributed by atoms with Gasteiger partial charge in [-0.05, 0) is 29.7 Å². The van der Waals surface area contributed by atoms with E-state index in [9.17, 15) is 4.79 Å². The first-order valence-electron chi connectivity index (χ1n) is 9.42. The Morgan fingerprint density at radius 2 is 2.00 bits per heavy atom. The zero-order valence-electron chi connectivity index (χ0n) is 16.1. The molecule has 0 fully saturated rings. The molecule has 0 radical (unpaired) electrons. The maximum atomic E-state index is 12.8. The molecule has 1 atom stereocenters. The monoisotopic (exact) mass is 418 g/mol. The maximum absolute atomic E-state index is 12.8. The van der Waals surface area contributed by atoms with Crippen molar-refractivity contribution < 1.29 is 9.63 Å². The zero-order chi connectivity index (χ0) is 20.1. The topological polar surface area (TPSA) is 41.9 Å². The predicted octanol–water partition coefficient (Wildman–Crippen LogP) is 5.56. The first-order chi connectivity index (χ1) is 13.4. The van der Waals surface area contributed by atoms with Crippen LogP contribution in [0.25, 0.3) is 0 Å². The van der Waals surface area contributed by atoms with Gasteiger partial charge in [0.15, 0.2) is 6.10 Å². The quantitative estimate of drug-likeness (QED) is 0.590. The molecule has 0 N–H and O–H groups in total. The minimum absolute atomic E-state index is 0.102. The lowest BCUT2D eigenvalue weighted by atomic mass is 10.0. The molecule has 1 amide bonds. The first-order valence-corrected chi connectivity index (χ1v) is 10.2. The average Bonchev–Trinajstić information content (AvgIpc) is 3.09. The van der Waals surface area contributed by atoms with Crippen LogP contribution in [0.15, 0.2) is 53.7 Å². The van der Waals surface area contributed by atoms with Crippen LogP contribution in [0.2, 0.25) is 10.0 Å². The van der Waals surface area contributed by atoms with Crippen LogP contribution in [0.3, 0.4) is 0 Å². The third kappa shape index (κ3) is 5.49. The number of carbonyl (C=O) groups excluding carboxylic acids is 1. The second-order valence-electron chi connectivity index (χ2n) is 7.45. The Hall–Kier alpha value is -2.04. The van der Waals surface area contributed by atoms with Crippen molar-refractivity contribution in [2.45, 2.75) is 39.3 Å². The number of hydrogen-bond acceptors (Lipinski definition) is 3. The molecule has 1 aliphatic heterocycles. The van der Waals surface area contributed by atoms with Gasteiger partial charge in [0, 0.05) is 35.0 Å². The summed E-state index contributed by atoms with van der Waals surface area (Å²) in [4.78, 5) is 20.3. The van der Waals surface area contributed by atoms with Crippen molar-refractivity contribution in [2.24, 2.45) is 11.1 Å². The summed E-state index contributed by atoms with van der Waals surface area (Å²) >= 11 is 12.4. The van der Waals surface area contributed by atoms with E-state index in [1.165, 1.54) is 0 Å². The molecule has 0 aliphatic carbocycles. The molecule has 6 heteroatoms. The first kappa shape index (κ1) is 20.7. The van der Waals surface area contributed by atoms with Crippen LogP contribution in [-0.4, -0.2) is 29.2 Å². The number of nitrogens with zero attached hydrogens (tertiary/aromatic N) is 2. The second-order valence-corrected chi connectivity index (χ2v) is 8.30. The van der Waals surface area contributed by atoms with E-state index >= 15 is 0 Å². The summed E-state index contributed by atoms with van der Waals surface area (Å²) in [7, 11) is 0. The maximum Gasteiger partial charge on any atom is 0.223 e. The highest BCUT2D eigenvalue weighted by Crippen LogP contribution is 2.24. The van der Waals surface area contributed by atoms with Crippen LogP contribution in [0.1, 0.15) is 37.8 Å². The van der Waals surface area contributed by atoms with Crippen molar-refractivity contribution in [1.82, 2.24) is 4.90 Å². The molecular weight excluding hydrogens is 395 g/mol. The molecule has 0 unspecified atom stereocenters. The fourth-order valence-electron chi connectivity index (χ4n) is 3.21. The third-order valence-corrected chi connectivity index (χ3v) is 5.10. The summed E-state index contributed by atoms with van der Waals surface area (Å²) in [5.74, 6) is 0.388. The van der Waals surface area contributed by atoms with Crippen LogP contribution in [0.5, 0.6) is 0 Å². The van der Waals surface area contributed by atoms with Crippen molar-refractivity contribution in [3.05, 3.63) is 69.7 Å². The van der Waals surface area contributed by atoms with E-state index in [0.29, 0.717) is 36.0 Å². The number of oxime groups is 1. The van der Waals surface area contributed by atoms with E-state index < -0.39 is 0 Å². The van der Waals surface area contributed by atoms with E-state index in [-0.39, 0.29) is 17.9 Å². The zero-order valence-corrected chi connectivity index (χ0v) is 17.6. The molecule has 4 nitrogen and oxygen atoms in total. The van der Waals surface area contributed by atoms with E-state index in [0.717, 1.165) is 16.8 Å². The van der Waals surface area contributed by atoms with Gasteiger partial charge in [0.05, 0.1) is 12.3 Å². The highest BCUT2D eigenvalue weighted by Gasteiger charge is 2.27. The molecule has 1 aliphatic rings. The van der Waals surface area contributed by atoms with Gasteiger partial charge in [-0.2, -0.15) is 0 Å². The molecule has 0 saturated carbocycles.